The van der Waals surface area contributed by atoms with Crippen LogP contribution in [0.5, 0.6) is 5.75 Å². The van der Waals surface area contributed by atoms with Gasteiger partial charge in [-0.05, 0) is 99.0 Å². The lowest BCUT2D eigenvalue weighted by molar-refractivity contribution is -0.151. The topological polar surface area (TPSA) is 493 Å². The number of carboxylic acids is 1. The second kappa shape index (κ2) is 50.4. The third-order valence-corrected chi connectivity index (χ3v) is 24.5. The average molecular weight is 1830 g/mol. The lowest BCUT2D eigenvalue weighted by Gasteiger charge is -2.37. The van der Waals surface area contributed by atoms with Crippen LogP contribution in [0.1, 0.15) is 106 Å². The molecule has 6 aromatic carbocycles. The summed E-state index contributed by atoms with van der Waals surface area (Å²) < 4.78 is 0.832. The number of aliphatic hydroxyl groups is 1. The zero-order valence-corrected chi connectivity index (χ0v) is 76.6. The van der Waals surface area contributed by atoms with Crippen LogP contribution in [0.25, 0.3) is 10.1 Å². The van der Waals surface area contributed by atoms with E-state index in [0.29, 0.717) is 46.2 Å². The maximum absolute atomic E-state index is 15.6. The van der Waals surface area contributed by atoms with Gasteiger partial charge >= 0.3 is 5.97 Å². The molecule has 8 rings (SSSR count). The summed E-state index contributed by atoms with van der Waals surface area (Å²) in [4.78, 5) is 227. The first-order chi connectivity index (χ1) is 61.9. The van der Waals surface area contributed by atoms with Gasteiger partial charge in [0, 0.05) is 90.1 Å². The molecule has 16 N–H and O–H groups in total. The van der Waals surface area contributed by atoms with Gasteiger partial charge in [0.1, 0.15) is 72.4 Å². The first kappa shape index (κ1) is 103. The van der Waals surface area contributed by atoms with E-state index in [0.717, 1.165) is 42.1 Å². The predicted molar refractivity (Wildman–Crippen MR) is 493 cm³/mol. The number of aromatic hydroxyl groups is 1. The number of fused-ring (bicyclic) bond motifs is 1. The Bertz CT molecular complexity index is 5030. The number of thioether (sulfide) groups is 1. The van der Waals surface area contributed by atoms with Crippen LogP contribution in [-0.2, 0) is 117 Å². The molecule has 12 atom stereocenters. The van der Waals surface area contributed by atoms with E-state index in [-0.39, 0.29) is 81.1 Å². The van der Waals surface area contributed by atoms with Crippen molar-refractivity contribution >= 4 is 122 Å². The van der Waals surface area contributed by atoms with Crippen LogP contribution in [0.3, 0.4) is 0 Å². The third-order valence-electron chi connectivity index (χ3n) is 22.4. The van der Waals surface area contributed by atoms with Crippen molar-refractivity contribution < 1.29 is 87.2 Å². The van der Waals surface area contributed by atoms with Gasteiger partial charge in [-0.2, -0.15) is 11.8 Å². The largest absolute Gasteiger partial charge is 0.508 e. The highest BCUT2D eigenvalue weighted by molar-refractivity contribution is 7.99. The number of hydrogen-bond donors (Lipinski definition) is 14. The molecule has 130 heavy (non-hydrogen) atoms. The van der Waals surface area contributed by atoms with Gasteiger partial charge in [-0.25, -0.2) is 0 Å². The summed E-state index contributed by atoms with van der Waals surface area (Å²) in [6.07, 6.45) is -2.74. The van der Waals surface area contributed by atoms with Gasteiger partial charge < -0.3 is 93.8 Å². The number of likely N-dealkylation sites (N-methyl/N-ethyl adjacent to an activating group) is 5. The second-order valence-corrected chi connectivity index (χ2v) is 35.4. The maximum Gasteiger partial charge on any atom is 0.305 e. The Balaban J connectivity index is 1.21. The molecule has 0 radical (unpaired) electrons. The molecule has 1 unspecified atom stereocenters. The molecule has 0 saturated carbocycles. The Morgan fingerprint density at radius 1 is 0.485 bits per heavy atom. The van der Waals surface area contributed by atoms with Crippen molar-refractivity contribution in [3.05, 3.63) is 208 Å². The number of carbonyl (C=O) groups is 15. The molecule has 34 nitrogen and oxygen atoms in total. The SMILES string of the molecule is CCCC[C@H]1C(=O)N(C)CC(=O)N[C@@H](CC(=O)O)C(=O)N[C@@H](C(C)C)C(=O)N(C)[C@@H](Cc2ccccc2)C(=O)N[C@@H](Cc2ccc(CN)cc2)C(=O)N(C)CC(=O)N[C@@H](Cc2csc3ccccc23)C(=O)N[C@@H](Cc2ccc(O)cc2)C(=O)N[C@@H](CC(C)C)C(=O)N[C@H](C(=O)NCC(N)=O)CSCC(O)N[C@@H](Cc2ccccc2)C(=O)N(C)[C@@H](Cc2ccccc2)C(=O)N1C. The molecule has 36 heteroatoms. The average Bonchev–Trinajstić information content (AvgIpc) is 1.47. The van der Waals surface area contributed by atoms with E-state index < -0.39 is 193 Å². The number of carbonyl (C=O) groups excluding carboxylic acids is 14. The van der Waals surface area contributed by atoms with Crippen molar-refractivity contribution in [2.75, 3.05) is 66.4 Å². The molecule has 1 aliphatic heterocycles. The minimum Gasteiger partial charge on any atom is -0.508 e. The highest BCUT2D eigenvalue weighted by Gasteiger charge is 2.42. The molecular weight excluding hydrogens is 1710 g/mol. The summed E-state index contributed by atoms with van der Waals surface area (Å²) in [5.41, 5.74) is 15.5. The third kappa shape index (κ3) is 31.1. The number of carboxylic acid groups (broad SMARTS) is 1. The molecule has 0 aliphatic carbocycles. The number of nitrogens with zero attached hydrogens (tertiary/aromatic N) is 5. The first-order valence-electron chi connectivity index (χ1n) is 43.2. The smallest absolute Gasteiger partial charge is 0.305 e. The minimum absolute atomic E-state index is 0.0466. The fourth-order valence-corrected chi connectivity index (χ4v) is 17.0. The number of aliphatic carboxylic acids is 1. The van der Waals surface area contributed by atoms with Gasteiger partial charge in [0.05, 0.1) is 32.1 Å². The predicted octanol–water partition coefficient (Wildman–Crippen LogP) is 2.60. The zero-order valence-electron chi connectivity index (χ0n) is 74.9. The first-order valence-corrected chi connectivity index (χ1v) is 45.3. The van der Waals surface area contributed by atoms with Crippen molar-refractivity contribution in [1.82, 2.24) is 72.4 Å². The molecule has 1 aromatic heterocycles. The van der Waals surface area contributed by atoms with Gasteiger partial charge in [-0.3, -0.25) is 77.2 Å². The number of phenols is 1. The van der Waals surface area contributed by atoms with Crippen LogP contribution in [0.15, 0.2) is 169 Å². The number of thiophene rings is 1. The molecule has 2 heterocycles. The monoisotopic (exact) mass is 1830 g/mol. The summed E-state index contributed by atoms with van der Waals surface area (Å²) in [5, 5.41) is 59.7. The zero-order chi connectivity index (χ0) is 95.0. The fourth-order valence-electron chi connectivity index (χ4n) is 15.1. The molecular formula is C94H122N16O18S2. The lowest BCUT2D eigenvalue weighted by atomic mass is 9.98. The van der Waals surface area contributed by atoms with E-state index in [1.807, 2.05) is 25.1 Å². The summed E-state index contributed by atoms with van der Waals surface area (Å²) in [5.74, 6) is -15.8. The normalized spacial score (nSPS) is 22.5. The van der Waals surface area contributed by atoms with E-state index in [2.05, 4.69) is 47.9 Å². The van der Waals surface area contributed by atoms with Gasteiger partial charge in [0.15, 0.2) is 0 Å². The maximum atomic E-state index is 15.6. The Kier molecular flexibility index (Phi) is 39.8. The van der Waals surface area contributed by atoms with E-state index in [1.165, 1.54) is 80.6 Å². The molecule has 14 amide bonds. The Morgan fingerprint density at radius 3 is 1.52 bits per heavy atom. The van der Waals surface area contributed by atoms with Gasteiger partial charge in [-0.1, -0.05) is 193 Å². The fraction of sp³-hybridized carbons (Fsp3) is 0.436. The number of amides is 14. The number of rotatable bonds is 24. The highest BCUT2D eigenvalue weighted by Crippen LogP contribution is 2.28. The van der Waals surface area contributed by atoms with Crippen molar-refractivity contribution in [3.63, 3.8) is 0 Å². The van der Waals surface area contributed by atoms with E-state index in [4.69, 9.17) is 11.5 Å². The number of unbranched alkanes of at least 4 members (excludes halogenated alkanes) is 1. The van der Waals surface area contributed by atoms with Crippen LogP contribution in [0.2, 0.25) is 0 Å². The summed E-state index contributed by atoms with van der Waals surface area (Å²) in [7, 11) is 6.67. The molecule has 1 saturated heterocycles. The number of phenolic OH excluding ortho intramolecular Hbond substituents is 1. The quantitative estimate of drug-likeness (QED) is 0.0413. The standard InChI is InChI=1S/C94H122N16O18S2/c1-11-12-31-74-92(126)107(7)52-80(114)99-70(48-82(116)117)88(122)105-83(57(4)5)94(128)109(9)75(45-59-26-18-14-19-27-59)89(123)103-71(44-61-33-35-63(49-95)36-34-61)90(124)106(6)51-79(113)98-69(47-64-53-130-77-32-23-22-30-66(64)77)87(121)102-68(42-62-37-39-65(111)40-38-62)86(120)101-67(41-56(2)3)85(119)104-73(84(118)97-50-78(96)112)54-129-55-81(115)100-72(43-58-24-16-13-17-25-58)91(125)110(10)76(93(127)108(74)8)46-60-28-20-15-21-29-60/h13-30,32-40,53,56-57,67-76,81,83,100,111,115H,11-12,31,41-52,54-55,95H2,1-10H3,(H2,96,112)(H,97,118)(H,98,113)(H,99,114)(H,101,120)(H,102,121)(H,103,123)(H,104,119)(H,105,122)(H,116,117)/t67-,68-,69-,70-,71-,72-,73-,74-,75-,76-,81?,83-/m0/s1. The van der Waals surface area contributed by atoms with Crippen molar-refractivity contribution in [2.45, 2.75) is 184 Å². The molecule has 698 valence electrons. The van der Waals surface area contributed by atoms with Gasteiger partial charge in [-0.15, -0.1) is 11.3 Å². The van der Waals surface area contributed by atoms with E-state index in [9.17, 15) is 44.1 Å². The molecule has 1 fully saturated rings. The lowest BCUT2D eigenvalue weighted by Crippen LogP contribution is -2.61. The highest BCUT2D eigenvalue weighted by atomic mass is 32.2. The number of nitrogens with one attached hydrogen (secondary N) is 9. The van der Waals surface area contributed by atoms with Crippen molar-refractivity contribution in [1.29, 1.82) is 0 Å². The van der Waals surface area contributed by atoms with Crippen LogP contribution in [0, 0.1) is 11.8 Å². The van der Waals surface area contributed by atoms with Crippen LogP contribution >= 0.6 is 23.1 Å². The Morgan fingerprint density at radius 2 is 0.954 bits per heavy atom. The summed E-state index contributed by atoms with van der Waals surface area (Å²) >= 11 is 2.30. The molecule has 1 aliphatic rings. The van der Waals surface area contributed by atoms with E-state index >= 15 is 43.2 Å². The number of nitrogens with two attached hydrogens (primary N) is 2. The van der Waals surface area contributed by atoms with Gasteiger partial charge in [0.2, 0.25) is 82.7 Å². The Hall–Kier alpha value is -12.6. The number of primary amides is 1. The second-order valence-electron chi connectivity index (χ2n) is 33.5. The van der Waals surface area contributed by atoms with Crippen LogP contribution < -0.4 is 59.3 Å². The molecule has 0 bridgehead atoms. The Labute approximate surface area is 765 Å². The molecule has 7 aromatic rings. The minimum atomic E-state index is -1.89. The summed E-state index contributed by atoms with van der Waals surface area (Å²) in [6, 6.07) is 29.5. The number of benzene rings is 6. The summed E-state index contributed by atoms with van der Waals surface area (Å²) in [6.45, 7) is 6.50. The van der Waals surface area contributed by atoms with Gasteiger partial charge in [0.25, 0.3) is 0 Å². The van der Waals surface area contributed by atoms with Crippen molar-refractivity contribution in [2.24, 2.45) is 23.3 Å². The van der Waals surface area contributed by atoms with Crippen LogP contribution in [-0.4, -0.2) is 268 Å². The molecule has 0 spiro atoms. The number of hydrogen-bond acceptors (Lipinski definition) is 21. The van der Waals surface area contributed by atoms with E-state index in [1.54, 1.807) is 154 Å². The van der Waals surface area contributed by atoms with Crippen molar-refractivity contribution in [3.8, 4) is 5.75 Å². The van der Waals surface area contributed by atoms with Crippen LogP contribution in [0.4, 0.5) is 0 Å². The number of aliphatic hydroxyl groups excluding tert-OH is 1.